The predicted molar refractivity (Wildman–Crippen MR) is 38.4 cm³/mol. The van der Waals surface area contributed by atoms with Crippen molar-refractivity contribution >= 4 is 11.5 Å². The van der Waals surface area contributed by atoms with Gasteiger partial charge in [0.25, 0.3) is 0 Å². The molecule has 0 atom stereocenters. The van der Waals surface area contributed by atoms with Crippen LogP contribution in [0, 0.1) is 11.3 Å². The van der Waals surface area contributed by atoms with E-state index in [0.717, 1.165) is 0 Å². The fourth-order valence-electron chi connectivity index (χ4n) is 0.365. The number of rotatable bonds is 2. The van der Waals surface area contributed by atoms with Crippen LogP contribution >= 0.6 is 0 Å². The first-order chi connectivity index (χ1) is 4.09. The molecule has 0 saturated heterocycles. The Labute approximate surface area is 54.4 Å². The summed E-state index contributed by atoms with van der Waals surface area (Å²) in [5, 5.41) is 10.4. The monoisotopic (exact) mass is 128 g/mol. The average Bonchev–Trinajstić information content (AvgIpc) is 1.84. The molecule has 0 rings (SSSR count). The van der Waals surface area contributed by atoms with Gasteiger partial charge in [-0.3, -0.25) is 0 Å². The van der Waals surface area contributed by atoms with Gasteiger partial charge in [0.15, 0.2) is 5.84 Å². The van der Waals surface area contributed by atoms with Gasteiger partial charge in [-0.1, -0.05) is 13.8 Å². The smallest absolute Gasteiger partial charge is 0.164 e. The highest BCUT2D eigenvalue weighted by Crippen LogP contribution is 1.92. The molecular weight excluding hydrogens is 116 g/mol. The first kappa shape index (κ1) is 7.94. The van der Waals surface area contributed by atoms with Gasteiger partial charge in [-0.2, -0.15) is 5.10 Å². The van der Waals surface area contributed by atoms with Crippen molar-refractivity contribution in [1.29, 1.82) is 5.41 Å². The fourth-order valence-corrected chi connectivity index (χ4v) is 0.365. The Bertz CT molecular complexity index is 136. The van der Waals surface area contributed by atoms with Gasteiger partial charge < -0.3 is 17.0 Å². The van der Waals surface area contributed by atoms with Crippen LogP contribution in [0.1, 0.15) is 13.8 Å². The van der Waals surface area contributed by atoms with E-state index in [1.165, 1.54) is 0 Å². The minimum atomic E-state index is 0.0947. The molecule has 0 aliphatic rings. The van der Waals surface area contributed by atoms with Crippen LogP contribution < -0.4 is 11.6 Å². The van der Waals surface area contributed by atoms with Crippen molar-refractivity contribution < 1.29 is 0 Å². The molecule has 0 radical (unpaired) electrons. The maximum atomic E-state index is 7.21. The van der Waals surface area contributed by atoms with Crippen molar-refractivity contribution in [2.45, 2.75) is 13.8 Å². The molecule has 0 saturated carbocycles. The summed E-state index contributed by atoms with van der Waals surface area (Å²) in [4.78, 5) is 0. The highest BCUT2D eigenvalue weighted by molar-refractivity contribution is 6.40. The number of nitrogens with one attached hydrogen (secondary N) is 1. The van der Waals surface area contributed by atoms with E-state index >= 15 is 0 Å². The van der Waals surface area contributed by atoms with E-state index in [0.29, 0.717) is 0 Å². The average molecular weight is 128 g/mol. The van der Waals surface area contributed by atoms with Crippen LogP contribution in [-0.4, -0.2) is 11.5 Å². The van der Waals surface area contributed by atoms with Crippen molar-refractivity contribution in [1.82, 2.24) is 0 Å². The second kappa shape index (κ2) is 3.06. The summed E-state index contributed by atoms with van der Waals surface area (Å²) in [6.45, 7) is 3.72. The summed E-state index contributed by atoms with van der Waals surface area (Å²) in [6.07, 6.45) is 0. The molecule has 52 valence electrons. The summed E-state index contributed by atoms with van der Waals surface area (Å²) < 4.78 is 0. The summed E-state index contributed by atoms with van der Waals surface area (Å²) >= 11 is 0. The zero-order chi connectivity index (χ0) is 7.44. The summed E-state index contributed by atoms with van der Waals surface area (Å²) in [6, 6.07) is 0. The summed E-state index contributed by atoms with van der Waals surface area (Å²) in [5.74, 6) is 5.04. The highest BCUT2D eigenvalue weighted by Gasteiger charge is 2.05. The molecule has 0 aromatic rings. The van der Waals surface area contributed by atoms with Crippen molar-refractivity contribution in [2.75, 3.05) is 0 Å². The first-order valence-electron chi connectivity index (χ1n) is 2.71. The van der Waals surface area contributed by atoms with Gasteiger partial charge in [0.1, 0.15) is 0 Å². The van der Waals surface area contributed by atoms with E-state index in [1.54, 1.807) is 0 Å². The molecule has 0 amide bonds. The fraction of sp³-hybridized carbons (Fsp3) is 0.600. The lowest BCUT2D eigenvalue weighted by atomic mass is 10.1. The topological polar surface area (TPSA) is 88.2 Å². The lowest BCUT2D eigenvalue weighted by Gasteiger charge is -2.03. The second-order valence-electron chi connectivity index (χ2n) is 2.08. The quantitative estimate of drug-likeness (QED) is 0.210. The van der Waals surface area contributed by atoms with Crippen LogP contribution in [0.2, 0.25) is 0 Å². The zero-order valence-corrected chi connectivity index (χ0v) is 5.68. The number of nitrogens with zero attached hydrogens (tertiary/aromatic N) is 1. The van der Waals surface area contributed by atoms with Gasteiger partial charge in [-0.25, -0.2) is 0 Å². The number of hydrogen-bond donors (Lipinski definition) is 3. The Hall–Kier alpha value is -1.06. The van der Waals surface area contributed by atoms with Crippen molar-refractivity contribution in [3.63, 3.8) is 0 Å². The molecule has 0 heterocycles. The van der Waals surface area contributed by atoms with Crippen molar-refractivity contribution in [2.24, 2.45) is 22.6 Å². The molecule has 0 spiro atoms. The third kappa shape index (κ3) is 2.12. The van der Waals surface area contributed by atoms with Crippen LogP contribution in [0.15, 0.2) is 5.10 Å². The number of hydrogen-bond acceptors (Lipinski definition) is 3. The van der Waals surface area contributed by atoms with Gasteiger partial charge in [-0.15, -0.1) is 0 Å². The molecule has 5 N–H and O–H groups in total. The first-order valence-corrected chi connectivity index (χ1v) is 2.71. The highest BCUT2D eigenvalue weighted by atomic mass is 15.2. The zero-order valence-electron chi connectivity index (χ0n) is 5.68. The maximum absolute atomic E-state index is 7.21. The molecule has 4 heteroatoms. The molecular formula is C5H12N4. The Balaban J connectivity index is 4.06. The van der Waals surface area contributed by atoms with E-state index in [-0.39, 0.29) is 17.5 Å². The molecule has 0 aliphatic carbocycles. The Morgan fingerprint density at radius 2 is 2.00 bits per heavy atom. The lowest BCUT2D eigenvalue weighted by Crippen LogP contribution is -2.28. The normalized spacial score (nSPS) is 12.1. The standard InChI is InChI=1S/C5H12N4/c1-3(2)4(6)5(7)9-8/h3,6H,8H2,1-2H3,(H2,7,9). The minimum absolute atomic E-state index is 0.0947. The van der Waals surface area contributed by atoms with Crippen LogP contribution in [0.3, 0.4) is 0 Å². The molecule has 0 bridgehead atoms. The van der Waals surface area contributed by atoms with E-state index in [9.17, 15) is 0 Å². The molecule has 0 aliphatic heterocycles. The van der Waals surface area contributed by atoms with E-state index in [4.69, 9.17) is 17.0 Å². The van der Waals surface area contributed by atoms with E-state index in [1.807, 2.05) is 13.8 Å². The third-order valence-corrected chi connectivity index (χ3v) is 0.992. The van der Waals surface area contributed by atoms with Gasteiger partial charge in [0.2, 0.25) is 0 Å². The van der Waals surface area contributed by atoms with Crippen LogP contribution in [0.5, 0.6) is 0 Å². The van der Waals surface area contributed by atoms with Crippen molar-refractivity contribution in [3.05, 3.63) is 0 Å². The number of nitrogens with two attached hydrogens (primary N) is 2. The van der Waals surface area contributed by atoms with Crippen LogP contribution in [0.4, 0.5) is 0 Å². The predicted octanol–water partition coefficient (Wildman–Crippen LogP) is -0.107. The van der Waals surface area contributed by atoms with E-state index in [2.05, 4.69) is 5.10 Å². The van der Waals surface area contributed by atoms with Gasteiger partial charge in [-0.05, 0) is 5.92 Å². The minimum Gasteiger partial charge on any atom is -0.381 e. The van der Waals surface area contributed by atoms with Crippen LogP contribution in [0.25, 0.3) is 0 Å². The van der Waals surface area contributed by atoms with Gasteiger partial charge in [0, 0.05) is 0 Å². The maximum Gasteiger partial charge on any atom is 0.164 e. The molecule has 0 aromatic heterocycles. The number of amidine groups is 1. The second-order valence-corrected chi connectivity index (χ2v) is 2.08. The van der Waals surface area contributed by atoms with Crippen molar-refractivity contribution in [3.8, 4) is 0 Å². The molecule has 4 nitrogen and oxygen atoms in total. The molecule has 9 heavy (non-hydrogen) atoms. The SMILES string of the molecule is CC(C)C(=N)/C(N)=N/N. The summed E-state index contributed by atoms with van der Waals surface area (Å²) in [5.41, 5.74) is 5.51. The van der Waals surface area contributed by atoms with Crippen LogP contribution in [-0.2, 0) is 0 Å². The largest absolute Gasteiger partial charge is 0.381 e. The summed E-state index contributed by atoms with van der Waals surface area (Å²) in [7, 11) is 0. The third-order valence-electron chi connectivity index (χ3n) is 0.992. The lowest BCUT2D eigenvalue weighted by molar-refractivity contribution is 0.885. The molecule has 0 unspecified atom stereocenters. The molecule has 0 fully saturated rings. The Morgan fingerprint density at radius 3 is 2.11 bits per heavy atom. The van der Waals surface area contributed by atoms with Gasteiger partial charge >= 0.3 is 0 Å². The van der Waals surface area contributed by atoms with E-state index < -0.39 is 0 Å². The number of hydrazone groups is 1. The van der Waals surface area contributed by atoms with Gasteiger partial charge in [0.05, 0.1) is 5.71 Å². The Kier molecular flexibility index (Phi) is 2.70. The Morgan fingerprint density at radius 1 is 1.56 bits per heavy atom. The molecule has 0 aromatic carbocycles.